The Bertz CT molecular complexity index is 611. The van der Waals surface area contributed by atoms with E-state index in [9.17, 15) is 9.59 Å². The molecular weight excluding hydrogens is 320 g/mol. The molecular formula is C19H28N2O4. The van der Waals surface area contributed by atoms with Crippen molar-refractivity contribution in [1.82, 2.24) is 4.90 Å². The van der Waals surface area contributed by atoms with E-state index in [1.54, 1.807) is 37.3 Å². The molecule has 1 aliphatic rings. The maximum Gasteiger partial charge on any atom is 0.228 e. The highest BCUT2D eigenvalue weighted by Gasteiger charge is 2.37. The zero-order chi connectivity index (χ0) is 18.4. The normalized spacial score (nSPS) is 16.9. The van der Waals surface area contributed by atoms with Crippen LogP contribution < -0.4 is 14.4 Å². The standard InChI is InChI=1S/C19H28N2O4/c1-5-9-20(10-6-2)19(23)14-11-18(22)21(13-14)16-8-7-15(24-3)12-17(16)25-4/h7-8,12,14H,5-6,9-11,13H2,1-4H3/t14-/m0/s1. The average Bonchev–Trinajstić information content (AvgIpc) is 3.01. The zero-order valence-electron chi connectivity index (χ0n) is 15.6. The second-order valence-corrected chi connectivity index (χ2v) is 6.27. The summed E-state index contributed by atoms with van der Waals surface area (Å²) in [4.78, 5) is 28.8. The van der Waals surface area contributed by atoms with Crippen molar-refractivity contribution < 1.29 is 19.1 Å². The van der Waals surface area contributed by atoms with E-state index in [0.717, 1.165) is 25.9 Å². The van der Waals surface area contributed by atoms with Crippen LogP contribution in [0.1, 0.15) is 33.1 Å². The fourth-order valence-corrected chi connectivity index (χ4v) is 3.24. The first-order valence-electron chi connectivity index (χ1n) is 8.86. The van der Waals surface area contributed by atoms with Gasteiger partial charge in [-0.2, -0.15) is 0 Å². The molecule has 1 aromatic rings. The molecule has 1 heterocycles. The maximum atomic E-state index is 12.8. The van der Waals surface area contributed by atoms with Gasteiger partial charge in [0.1, 0.15) is 11.5 Å². The van der Waals surface area contributed by atoms with E-state index in [4.69, 9.17) is 9.47 Å². The van der Waals surface area contributed by atoms with Gasteiger partial charge in [0, 0.05) is 32.1 Å². The highest BCUT2D eigenvalue weighted by atomic mass is 16.5. The molecule has 138 valence electrons. The van der Waals surface area contributed by atoms with Gasteiger partial charge in [-0.25, -0.2) is 0 Å². The van der Waals surface area contributed by atoms with E-state index >= 15 is 0 Å². The van der Waals surface area contributed by atoms with Gasteiger partial charge in [-0.15, -0.1) is 0 Å². The van der Waals surface area contributed by atoms with Crippen molar-refractivity contribution in [2.24, 2.45) is 5.92 Å². The lowest BCUT2D eigenvalue weighted by Gasteiger charge is -2.25. The first-order chi connectivity index (χ1) is 12.0. The minimum atomic E-state index is -0.294. The number of amides is 2. The minimum Gasteiger partial charge on any atom is -0.497 e. The lowest BCUT2D eigenvalue weighted by Crippen LogP contribution is -2.38. The van der Waals surface area contributed by atoms with Crippen LogP contribution in [0.15, 0.2) is 18.2 Å². The Morgan fingerprint density at radius 2 is 1.88 bits per heavy atom. The Morgan fingerprint density at radius 3 is 2.44 bits per heavy atom. The summed E-state index contributed by atoms with van der Waals surface area (Å²) in [7, 11) is 3.14. The Labute approximate surface area is 149 Å². The molecule has 0 radical (unpaired) electrons. The van der Waals surface area contributed by atoms with E-state index < -0.39 is 0 Å². The van der Waals surface area contributed by atoms with Crippen molar-refractivity contribution in [3.8, 4) is 11.5 Å². The SMILES string of the molecule is CCCN(CCC)C(=O)[C@H]1CC(=O)N(c2ccc(OC)cc2OC)C1. The summed E-state index contributed by atoms with van der Waals surface area (Å²) in [5, 5.41) is 0. The number of benzene rings is 1. The fraction of sp³-hybridized carbons (Fsp3) is 0.579. The molecule has 1 fully saturated rings. The summed E-state index contributed by atoms with van der Waals surface area (Å²) in [5.74, 6) is 0.968. The summed E-state index contributed by atoms with van der Waals surface area (Å²) in [6.45, 7) is 5.99. The quantitative estimate of drug-likeness (QED) is 0.725. The van der Waals surface area contributed by atoms with Gasteiger partial charge < -0.3 is 19.3 Å². The number of rotatable bonds is 8. The Morgan fingerprint density at radius 1 is 1.20 bits per heavy atom. The molecule has 2 amide bonds. The van der Waals surface area contributed by atoms with Gasteiger partial charge in [0.2, 0.25) is 11.8 Å². The largest absolute Gasteiger partial charge is 0.497 e. The van der Waals surface area contributed by atoms with Gasteiger partial charge >= 0.3 is 0 Å². The lowest BCUT2D eigenvalue weighted by atomic mass is 10.1. The van der Waals surface area contributed by atoms with Crippen LogP contribution in [0, 0.1) is 5.92 Å². The molecule has 1 saturated heterocycles. The second-order valence-electron chi connectivity index (χ2n) is 6.27. The Kier molecular flexibility index (Phi) is 6.67. The molecule has 6 nitrogen and oxygen atoms in total. The van der Waals surface area contributed by atoms with Gasteiger partial charge in [0.05, 0.1) is 25.8 Å². The molecule has 0 N–H and O–H groups in total. The van der Waals surface area contributed by atoms with E-state index in [1.807, 2.05) is 4.90 Å². The number of hydrogen-bond donors (Lipinski definition) is 0. The maximum absolute atomic E-state index is 12.8. The van der Waals surface area contributed by atoms with Crippen molar-refractivity contribution in [2.75, 3.05) is 38.8 Å². The van der Waals surface area contributed by atoms with Crippen LogP contribution in [0.2, 0.25) is 0 Å². The van der Waals surface area contributed by atoms with Crippen LogP contribution in [0.3, 0.4) is 0 Å². The third-order valence-corrected chi connectivity index (χ3v) is 4.45. The van der Waals surface area contributed by atoms with Gasteiger partial charge in [0.15, 0.2) is 0 Å². The molecule has 0 bridgehead atoms. The third-order valence-electron chi connectivity index (χ3n) is 4.45. The highest BCUT2D eigenvalue weighted by molar-refractivity contribution is 6.01. The smallest absolute Gasteiger partial charge is 0.228 e. The van der Waals surface area contributed by atoms with Crippen LogP contribution in [-0.2, 0) is 9.59 Å². The van der Waals surface area contributed by atoms with Crippen molar-refractivity contribution in [1.29, 1.82) is 0 Å². The Hall–Kier alpha value is -2.24. The molecule has 1 aromatic carbocycles. The highest BCUT2D eigenvalue weighted by Crippen LogP contribution is 2.36. The number of carbonyl (C=O) groups excluding carboxylic acids is 2. The van der Waals surface area contributed by atoms with Gasteiger partial charge in [-0.05, 0) is 25.0 Å². The molecule has 0 aliphatic carbocycles. The third kappa shape index (κ3) is 4.24. The van der Waals surface area contributed by atoms with E-state index in [0.29, 0.717) is 23.7 Å². The number of nitrogens with zero attached hydrogens (tertiary/aromatic N) is 2. The second kappa shape index (κ2) is 8.74. The molecule has 25 heavy (non-hydrogen) atoms. The summed E-state index contributed by atoms with van der Waals surface area (Å²) in [6, 6.07) is 5.34. The molecule has 6 heteroatoms. The summed E-state index contributed by atoms with van der Waals surface area (Å²) >= 11 is 0. The summed E-state index contributed by atoms with van der Waals surface area (Å²) in [6.07, 6.45) is 2.09. The number of anilines is 1. The van der Waals surface area contributed by atoms with Crippen molar-refractivity contribution >= 4 is 17.5 Å². The average molecular weight is 348 g/mol. The van der Waals surface area contributed by atoms with E-state index in [2.05, 4.69) is 13.8 Å². The molecule has 0 unspecified atom stereocenters. The number of ether oxygens (including phenoxy) is 2. The van der Waals surface area contributed by atoms with E-state index in [-0.39, 0.29) is 24.2 Å². The fourth-order valence-electron chi connectivity index (χ4n) is 3.24. The van der Waals surface area contributed by atoms with Crippen molar-refractivity contribution in [3.05, 3.63) is 18.2 Å². The number of carbonyl (C=O) groups is 2. The first kappa shape index (κ1) is 19.1. The van der Waals surface area contributed by atoms with Crippen LogP contribution >= 0.6 is 0 Å². The van der Waals surface area contributed by atoms with Gasteiger partial charge in [0.25, 0.3) is 0 Å². The van der Waals surface area contributed by atoms with Crippen LogP contribution in [0.25, 0.3) is 0 Å². The van der Waals surface area contributed by atoms with Crippen LogP contribution in [0.4, 0.5) is 5.69 Å². The molecule has 1 atom stereocenters. The molecule has 2 rings (SSSR count). The number of hydrogen-bond acceptors (Lipinski definition) is 4. The monoisotopic (exact) mass is 348 g/mol. The zero-order valence-corrected chi connectivity index (χ0v) is 15.6. The lowest BCUT2D eigenvalue weighted by molar-refractivity contribution is -0.135. The predicted molar refractivity (Wildman–Crippen MR) is 97.2 cm³/mol. The van der Waals surface area contributed by atoms with Crippen molar-refractivity contribution in [3.63, 3.8) is 0 Å². The number of methoxy groups -OCH3 is 2. The summed E-state index contributed by atoms with van der Waals surface area (Å²) in [5.41, 5.74) is 0.682. The first-order valence-corrected chi connectivity index (χ1v) is 8.86. The van der Waals surface area contributed by atoms with Crippen LogP contribution in [-0.4, -0.2) is 50.6 Å². The minimum absolute atomic E-state index is 0.0465. The topological polar surface area (TPSA) is 59.1 Å². The Balaban J connectivity index is 2.18. The molecule has 1 aliphatic heterocycles. The van der Waals surface area contributed by atoms with Crippen molar-refractivity contribution in [2.45, 2.75) is 33.1 Å². The van der Waals surface area contributed by atoms with Gasteiger partial charge in [-0.1, -0.05) is 13.8 Å². The molecule has 0 saturated carbocycles. The molecule has 0 spiro atoms. The summed E-state index contributed by atoms with van der Waals surface area (Å²) < 4.78 is 10.6. The molecule has 0 aromatic heterocycles. The predicted octanol–water partition coefficient (Wildman–Crippen LogP) is 2.71. The van der Waals surface area contributed by atoms with E-state index in [1.165, 1.54) is 0 Å². The van der Waals surface area contributed by atoms with Gasteiger partial charge in [-0.3, -0.25) is 9.59 Å². The van der Waals surface area contributed by atoms with Crippen LogP contribution in [0.5, 0.6) is 11.5 Å².